The monoisotopic (exact) mass is 301 g/mol. The Hall–Kier alpha value is -2.91. The Labute approximate surface area is 115 Å². The summed E-state index contributed by atoms with van der Waals surface area (Å²) in [6.45, 7) is 0. The van der Waals surface area contributed by atoms with Crippen LogP contribution >= 0.6 is 0 Å². The standard InChI is InChI=1S/C11H6F3N3O4/c12-11(13,14)21-9-3-1-2-8(4-9)20-10-15-5-7(6-16-10)17(18)19/h1-6H. The van der Waals surface area contributed by atoms with Gasteiger partial charge in [0.2, 0.25) is 0 Å². The molecule has 0 bridgehead atoms. The molecule has 0 aliphatic rings. The van der Waals surface area contributed by atoms with E-state index in [4.69, 9.17) is 4.74 Å². The molecule has 0 atom stereocenters. The summed E-state index contributed by atoms with van der Waals surface area (Å²) in [5, 5.41) is 10.4. The van der Waals surface area contributed by atoms with Crippen molar-refractivity contribution in [2.24, 2.45) is 0 Å². The van der Waals surface area contributed by atoms with E-state index < -0.39 is 17.0 Å². The molecule has 110 valence electrons. The average molecular weight is 301 g/mol. The molecule has 1 aromatic carbocycles. The first kappa shape index (κ1) is 14.5. The smallest absolute Gasteiger partial charge is 0.424 e. The van der Waals surface area contributed by atoms with Crippen LogP contribution in [0.15, 0.2) is 36.7 Å². The van der Waals surface area contributed by atoms with Gasteiger partial charge in [-0.25, -0.2) is 0 Å². The largest absolute Gasteiger partial charge is 0.573 e. The van der Waals surface area contributed by atoms with Gasteiger partial charge in [0.1, 0.15) is 23.9 Å². The highest BCUT2D eigenvalue weighted by molar-refractivity contribution is 5.34. The van der Waals surface area contributed by atoms with Gasteiger partial charge in [-0.1, -0.05) is 6.07 Å². The molecular weight excluding hydrogens is 295 g/mol. The van der Waals surface area contributed by atoms with Crippen LogP contribution in [0.1, 0.15) is 0 Å². The number of aromatic nitrogens is 2. The molecule has 0 saturated carbocycles. The Morgan fingerprint density at radius 2 is 1.76 bits per heavy atom. The maximum Gasteiger partial charge on any atom is 0.573 e. The lowest BCUT2D eigenvalue weighted by atomic mass is 10.3. The highest BCUT2D eigenvalue weighted by Gasteiger charge is 2.31. The molecule has 0 aliphatic carbocycles. The van der Waals surface area contributed by atoms with E-state index in [9.17, 15) is 23.3 Å². The van der Waals surface area contributed by atoms with Crippen LogP contribution in [0.3, 0.4) is 0 Å². The van der Waals surface area contributed by atoms with E-state index in [-0.39, 0.29) is 17.4 Å². The van der Waals surface area contributed by atoms with Crippen molar-refractivity contribution < 1.29 is 27.6 Å². The average Bonchev–Trinajstić information content (AvgIpc) is 2.37. The lowest BCUT2D eigenvalue weighted by Crippen LogP contribution is -2.17. The number of hydrogen-bond acceptors (Lipinski definition) is 6. The third-order valence-corrected chi connectivity index (χ3v) is 2.07. The number of rotatable bonds is 4. The predicted molar refractivity (Wildman–Crippen MR) is 61.9 cm³/mol. The Morgan fingerprint density at radius 1 is 1.14 bits per heavy atom. The zero-order valence-corrected chi connectivity index (χ0v) is 10.1. The molecule has 0 aliphatic heterocycles. The summed E-state index contributed by atoms with van der Waals surface area (Å²) >= 11 is 0. The summed E-state index contributed by atoms with van der Waals surface area (Å²) in [7, 11) is 0. The third-order valence-electron chi connectivity index (χ3n) is 2.07. The fourth-order valence-corrected chi connectivity index (χ4v) is 1.30. The Kier molecular flexibility index (Phi) is 3.87. The highest BCUT2D eigenvalue weighted by Crippen LogP contribution is 2.27. The molecular formula is C11H6F3N3O4. The van der Waals surface area contributed by atoms with Crippen molar-refractivity contribution in [3.05, 3.63) is 46.8 Å². The van der Waals surface area contributed by atoms with Crippen LogP contribution in [0.25, 0.3) is 0 Å². The second kappa shape index (κ2) is 5.61. The van der Waals surface area contributed by atoms with Gasteiger partial charge in [0.05, 0.1) is 4.92 Å². The molecule has 0 saturated heterocycles. The number of alkyl halides is 3. The molecule has 10 heteroatoms. The molecule has 0 radical (unpaired) electrons. The van der Waals surface area contributed by atoms with Gasteiger partial charge in [-0.3, -0.25) is 10.1 Å². The van der Waals surface area contributed by atoms with Crippen LogP contribution in [-0.4, -0.2) is 21.3 Å². The van der Waals surface area contributed by atoms with Crippen molar-refractivity contribution in [3.8, 4) is 17.5 Å². The quantitative estimate of drug-likeness (QED) is 0.637. The van der Waals surface area contributed by atoms with Crippen molar-refractivity contribution in [2.45, 2.75) is 6.36 Å². The van der Waals surface area contributed by atoms with Crippen LogP contribution < -0.4 is 9.47 Å². The molecule has 2 aromatic rings. The van der Waals surface area contributed by atoms with Gasteiger partial charge in [-0.15, -0.1) is 13.2 Å². The number of ether oxygens (including phenoxy) is 2. The van der Waals surface area contributed by atoms with E-state index in [2.05, 4.69) is 14.7 Å². The van der Waals surface area contributed by atoms with Crippen molar-refractivity contribution in [1.29, 1.82) is 0 Å². The number of halogens is 3. The van der Waals surface area contributed by atoms with Crippen LogP contribution in [-0.2, 0) is 0 Å². The van der Waals surface area contributed by atoms with Gasteiger partial charge in [-0.2, -0.15) is 9.97 Å². The second-order valence-electron chi connectivity index (χ2n) is 3.61. The maximum absolute atomic E-state index is 12.1. The zero-order valence-electron chi connectivity index (χ0n) is 10.1. The van der Waals surface area contributed by atoms with Crippen molar-refractivity contribution in [2.75, 3.05) is 0 Å². The molecule has 0 unspecified atom stereocenters. The first-order valence-corrected chi connectivity index (χ1v) is 5.33. The van der Waals surface area contributed by atoms with E-state index in [0.29, 0.717) is 0 Å². The van der Waals surface area contributed by atoms with Gasteiger partial charge in [0, 0.05) is 6.07 Å². The first-order valence-electron chi connectivity index (χ1n) is 5.33. The fraction of sp³-hybridized carbons (Fsp3) is 0.0909. The third kappa shape index (κ3) is 4.30. The highest BCUT2D eigenvalue weighted by atomic mass is 19.4. The van der Waals surface area contributed by atoms with Crippen LogP contribution in [0.2, 0.25) is 0 Å². The number of nitro groups is 1. The van der Waals surface area contributed by atoms with E-state index in [1.54, 1.807) is 0 Å². The zero-order chi connectivity index (χ0) is 15.5. The van der Waals surface area contributed by atoms with E-state index in [1.165, 1.54) is 12.1 Å². The second-order valence-corrected chi connectivity index (χ2v) is 3.61. The summed E-state index contributed by atoms with van der Waals surface area (Å²) in [5.74, 6) is -0.479. The van der Waals surface area contributed by atoms with Gasteiger partial charge in [0.15, 0.2) is 0 Å². The van der Waals surface area contributed by atoms with Gasteiger partial charge < -0.3 is 9.47 Å². The molecule has 1 heterocycles. The van der Waals surface area contributed by atoms with Crippen LogP contribution in [0.5, 0.6) is 17.5 Å². The normalized spacial score (nSPS) is 11.0. The molecule has 0 amide bonds. The molecule has 0 fully saturated rings. The minimum absolute atomic E-state index is 0.00870. The fourth-order valence-electron chi connectivity index (χ4n) is 1.30. The Morgan fingerprint density at radius 3 is 2.33 bits per heavy atom. The number of benzene rings is 1. The van der Waals surface area contributed by atoms with Crippen LogP contribution in [0.4, 0.5) is 18.9 Å². The Balaban J connectivity index is 2.12. The van der Waals surface area contributed by atoms with E-state index in [1.807, 2.05) is 0 Å². The van der Waals surface area contributed by atoms with Gasteiger partial charge in [0.25, 0.3) is 0 Å². The molecule has 0 spiro atoms. The molecule has 21 heavy (non-hydrogen) atoms. The molecule has 2 rings (SSSR count). The topological polar surface area (TPSA) is 87.4 Å². The van der Waals surface area contributed by atoms with Crippen molar-refractivity contribution >= 4 is 5.69 Å². The Bertz CT molecular complexity index is 646. The lowest BCUT2D eigenvalue weighted by Gasteiger charge is -2.09. The number of nitrogens with zero attached hydrogens (tertiary/aromatic N) is 3. The molecule has 1 aromatic heterocycles. The van der Waals surface area contributed by atoms with Crippen molar-refractivity contribution in [1.82, 2.24) is 9.97 Å². The number of hydrogen-bond donors (Lipinski definition) is 0. The summed E-state index contributed by atoms with van der Waals surface area (Å²) < 4.78 is 45.0. The minimum atomic E-state index is -4.82. The lowest BCUT2D eigenvalue weighted by molar-refractivity contribution is -0.385. The van der Waals surface area contributed by atoms with E-state index >= 15 is 0 Å². The van der Waals surface area contributed by atoms with Gasteiger partial charge in [-0.05, 0) is 12.1 Å². The maximum atomic E-state index is 12.1. The molecule has 7 nitrogen and oxygen atoms in total. The summed E-state index contributed by atoms with van der Waals surface area (Å²) in [6, 6.07) is 4.47. The van der Waals surface area contributed by atoms with Crippen LogP contribution in [0, 0.1) is 10.1 Å². The van der Waals surface area contributed by atoms with Crippen molar-refractivity contribution in [3.63, 3.8) is 0 Å². The van der Waals surface area contributed by atoms with Gasteiger partial charge >= 0.3 is 18.1 Å². The first-order chi connectivity index (χ1) is 9.83. The molecule has 0 N–H and O–H groups in total. The summed E-state index contributed by atoms with van der Waals surface area (Å²) in [4.78, 5) is 16.8. The SMILES string of the molecule is O=[N+]([O-])c1cnc(Oc2cccc(OC(F)(F)F)c2)nc1. The minimum Gasteiger partial charge on any atom is -0.424 e. The summed E-state index contributed by atoms with van der Waals surface area (Å²) in [6.07, 6.45) is -2.99. The van der Waals surface area contributed by atoms with E-state index in [0.717, 1.165) is 24.5 Å². The summed E-state index contributed by atoms with van der Waals surface area (Å²) in [5.41, 5.74) is -0.337. The predicted octanol–water partition coefficient (Wildman–Crippen LogP) is 3.08.